The van der Waals surface area contributed by atoms with Crippen LogP contribution in [-0.4, -0.2) is 19.6 Å². The molecule has 116 valence electrons. The second-order valence-corrected chi connectivity index (χ2v) is 6.26. The van der Waals surface area contributed by atoms with Crippen molar-refractivity contribution in [3.8, 4) is 0 Å². The first-order valence-corrected chi connectivity index (χ1v) is 8.59. The molecule has 0 heterocycles. The minimum atomic E-state index is 0.486. The number of guanidine groups is 1. The van der Waals surface area contributed by atoms with E-state index in [1.165, 1.54) is 5.56 Å². The topological polar surface area (TPSA) is 30.3 Å². The first kappa shape index (κ1) is 16.8. The van der Waals surface area contributed by atoms with Gasteiger partial charge in [-0.2, -0.15) is 0 Å². The smallest absolute Gasteiger partial charge is 0.202 e. The monoisotopic (exact) mass is 407 g/mol. The molecule has 0 atom stereocenters. The van der Waals surface area contributed by atoms with Gasteiger partial charge in [0, 0.05) is 22.8 Å². The zero-order valence-corrected chi connectivity index (χ0v) is 15.5. The van der Waals surface area contributed by atoms with Gasteiger partial charge in [-0.05, 0) is 65.8 Å². The molecule has 22 heavy (non-hydrogen) atoms. The maximum Gasteiger partial charge on any atom is 0.202 e. The van der Waals surface area contributed by atoms with Gasteiger partial charge >= 0.3 is 0 Å². The normalized spacial score (nSPS) is 10.4. The summed E-state index contributed by atoms with van der Waals surface area (Å²) in [6.07, 6.45) is 1.00. The summed E-state index contributed by atoms with van der Waals surface area (Å²) in [6.45, 7) is 4.99. The van der Waals surface area contributed by atoms with Gasteiger partial charge in [-0.25, -0.2) is 0 Å². The molecule has 4 heteroatoms. The van der Waals surface area contributed by atoms with E-state index in [1.807, 2.05) is 29.0 Å². The molecule has 2 rings (SSSR count). The summed E-state index contributed by atoms with van der Waals surface area (Å²) in [5.74, 6) is 0.486. The maximum absolute atomic E-state index is 8.60. The summed E-state index contributed by atoms with van der Waals surface area (Å²) >= 11 is 2.32. The minimum Gasteiger partial charge on any atom is -0.316 e. The molecule has 0 aliphatic heterocycles. The van der Waals surface area contributed by atoms with Gasteiger partial charge in [0.05, 0.1) is 5.69 Å². The lowest BCUT2D eigenvalue weighted by Crippen LogP contribution is -2.42. The van der Waals surface area contributed by atoms with Crippen LogP contribution in [0.15, 0.2) is 48.5 Å². The fraction of sp³-hybridized carbons (Fsp3) is 0.278. The van der Waals surface area contributed by atoms with Crippen LogP contribution in [0, 0.1) is 8.98 Å². The molecule has 2 aromatic rings. The van der Waals surface area contributed by atoms with Crippen molar-refractivity contribution in [2.24, 2.45) is 0 Å². The fourth-order valence-corrected chi connectivity index (χ4v) is 3.07. The number of halogens is 1. The van der Waals surface area contributed by atoms with Gasteiger partial charge in [0.2, 0.25) is 5.96 Å². The predicted octanol–water partition coefficient (Wildman–Crippen LogP) is 4.75. The molecule has 0 aliphatic carbocycles. The Balaban J connectivity index is 2.30. The van der Waals surface area contributed by atoms with Gasteiger partial charge in [0.25, 0.3) is 0 Å². The van der Waals surface area contributed by atoms with Crippen molar-refractivity contribution in [2.45, 2.75) is 20.3 Å². The average Bonchev–Trinajstić information content (AvgIpc) is 2.56. The van der Waals surface area contributed by atoms with Crippen LogP contribution in [0.1, 0.15) is 19.4 Å². The Morgan fingerprint density at radius 3 is 2.45 bits per heavy atom. The lowest BCUT2D eigenvalue weighted by atomic mass is 10.1. The summed E-state index contributed by atoms with van der Waals surface area (Å²) in [6, 6.07) is 16.6. The van der Waals surface area contributed by atoms with Crippen molar-refractivity contribution in [1.82, 2.24) is 0 Å². The predicted molar refractivity (Wildman–Crippen MR) is 104 cm³/mol. The quantitative estimate of drug-likeness (QED) is 0.451. The van der Waals surface area contributed by atoms with E-state index in [0.717, 1.165) is 27.9 Å². The Morgan fingerprint density at radius 1 is 1.09 bits per heavy atom. The molecule has 0 spiro atoms. The molecular formula is C18H22IN3. The highest BCUT2D eigenvalue weighted by Crippen LogP contribution is 2.24. The molecule has 0 bridgehead atoms. The van der Waals surface area contributed by atoms with Crippen LogP contribution in [0.5, 0.6) is 0 Å². The third kappa shape index (κ3) is 3.61. The van der Waals surface area contributed by atoms with E-state index >= 15 is 0 Å². The van der Waals surface area contributed by atoms with Crippen LogP contribution in [0.25, 0.3) is 0 Å². The fourth-order valence-electron chi connectivity index (χ4n) is 2.39. The number of para-hydroxylation sites is 1. The highest BCUT2D eigenvalue weighted by Gasteiger charge is 2.17. The van der Waals surface area contributed by atoms with Gasteiger partial charge < -0.3 is 9.80 Å². The number of hydrogen-bond donors (Lipinski definition) is 1. The van der Waals surface area contributed by atoms with Crippen molar-refractivity contribution in [1.29, 1.82) is 5.41 Å². The molecule has 3 nitrogen and oxygen atoms in total. The van der Waals surface area contributed by atoms with E-state index in [4.69, 9.17) is 5.41 Å². The zero-order valence-electron chi connectivity index (χ0n) is 13.3. The van der Waals surface area contributed by atoms with Crippen molar-refractivity contribution < 1.29 is 0 Å². The Bertz CT molecular complexity index is 654. The van der Waals surface area contributed by atoms with E-state index in [0.29, 0.717) is 5.96 Å². The Kier molecular flexibility index (Phi) is 5.83. The van der Waals surface area contributed by atoms with E-state index in [-0.39, 0.29) is 0 Å². The lowest BCUT2D eigenvalue weighted by molar-refractivity contribution is 1.00. The zero-order chi connectivity index (χ0) is 16.1. The number of anilines is 2. The highest BCUT2D eigenvalue weighted by atomic mass is 127. The van der Waals surface area contributed by atoms with E-state index in [1.54, 1.807) is 0 Å². The van der Waals surface area contributed by atoms with Crippen LogP contribution < -0.4 is 9.80 Å². The molecule has 0 radical (unpaired) electrons. The number of hydrogen-bond acceptors (Lipinski definition) is 1. The van der Waals surface area contributed by atoms with Crippen LogP contribution in [0.3, 0.4) is 0 Å². The maximum atomic E-state index is 8.60. The van der Waals surface area contributed by atoms with Crippen molar-refractivity contribution in [3.05, 3.63) is 57.7 Å². The van der Waals surface area contributed by atoms with Gasteiger partial charge in [-0.1, -0.05) is 31.2 Å². The summed E-state index contributed by atoms with van der Waals surface area (Å²) in [4.78, 5) is 3.96. The third-order valence-electron chi connectivity index (χ3n) is 3.74. The van der Waals surface area contributed by atoms with E-state index in [9.17, 15) is 0 Å². The molecular weight excluding hydrogens is 385 g/mol. The molecule has 0 amide bonds. The van der Waals surface area contributed by atoms with Crippen LogP contribution in [0.2, 0.25) is 0 Å². The Labute approximate surface area is 146 Å². The van der Waals surface area contributed by atoms with Crippen LogP contribution in [-0.2, 0) is 6.42 Å². The Morgan fingerprint density at radius 2 is 1.82 bits per heavy atom. The van der Waals surface area contributed by atoms with E-state index < -0.39 is 0 Å². The van der Waals surface area contributed by atoms with Crippen LogP contribution in [0.4, 0.5) is 11.4 Å². The SMILES string of the molecule is CCc1cccc(N(C)C(=N)N(CC)c2ccccc2I)c1. The van der Waals surface area contributed by atoms with Gasteiger partial charge in [0.1, 0.15) is 0 Å². The highest BCUT2D eigenvalue weighted by molar-refractivity contribution is 14.1. The van der Waals surface area contributed by atoms with Crippen molar-refractivity contribution >= 4 is 39.9 Å². The van der Waals surface area contributed by atoms with Gasteiger partial charge in [-0.3, -0.25) is 5.41 Å². The van der Waals surface area contributed by atoms with Crippen molar-refractivity contribution in [3.63, 3.8) is 0 Å². The van der Waals surface area contributed by atoms with Gasteiger partial charge in [0.15, 0.2) is 0 Å². The second kappa shape index (κ2) is 7.63. The minimum absolute atomic E-state index is 0.486. The number of nitrogens with one attached hydrogen (secondary N) is 1. The Hall–Kier alpha value is -1.56. The van der Waals surface area contributed by atoms with Crippen molar-refractivity contribution in [2.75, 3.05) is 23.4 Å². The summed E-state index contributed by atoms with van der Waals surface area (Å²) < 4.78 is 1.16. The molecule has 0 unspecified atom stereocenters. The molecule has 0 aromatic heterocycles. The molecule has 0 aliphatic rings. The number of nitrogens with zero attached hydrogens (tertiary/aromatic N) is 2. The molecule has 2 aromatic carbocycles. The standard InChI is InChI=1S/C18H22IN3/c1-4-14-9-8-10-15(13-14)21(3)18(20)22(5-2)17-12-7-6-11-16(17)19/h6-13,20H,4-5H2,1-3H3. The molecule has 0 fully saturated rings. The largest absolute Gasteiger partial charge is 0.316 e. The molecule has 0 saturated carbocycles. The molecule has 1 N–H and O–H groups in total. The first-order chi connectivity index (χ1) is 10.6. The van der Waals surface area contributed by atoms with Crippen LogP contribution >= 0.6 is 22.6 Å². The third-order valence-corrected chi connectivity index (χ3v) is 4.65. The second-order valence-electron chi connectivity index (χ2n) is 5.10. The number of benzene rings is 2. The first-order valence-electron chi connectivity index (χ1n) is 7.51. The number of rotatable bonds is 4. The summed E-state index contributed by atoms with van der Waals surface area (Å²) in [7, 11) is 1.95. The van der Waals surface area contributed by atoms with E-state index in [2.05, 4.69) is 72.8 Å². The lowest BCUT2D eigenvalue weighted by Gasteiger charge is -2.31. The average molecular weight is 407 g/mol. The summed E-state index contributed by atoms with van der Waals surface area (Å²) in [5.41, 5.74) is 3.41. The molecule has 0 saturated heterocycles. The van der Waals surface area contributed by atoms with Gasteiger partial charge in [-0.15, -0.1) is 0 Å². The number of aryl methyl sites for hydroxylation is 1. The summed E-state index contributed by atoms with van der Waals surface area (Å²) in [5, 5.41) is 8.60.